The van der Waals surface area contributed by atoms with Gasteiger partial charge < -0.3 is 14.2 Å². The fraction of sp³-hybridized carbons (Fsp3) is 0.500. The van der Waals surface area contributed by atoms with Crippen LogP contribution in [0.4, 0.5) is 0 Å². The van der Waals surface area contributed by atoms with E-state index in [1.165, 1.54) is 5.56 Å². The van der Waals surface area contributed by atoms with Crippen LogP contribution in [0.25, 0.3) is 0 Å². The van der Waals surface area contributed by atoms with E-state index >= 15 is 0 Å². The molecule has 1 unspecified atom stereocenters. The fourth-order valence-corrected chi connectivity index (χ4v) is 2.03. The molecule has 1 aromatic carbocycles. The minimum atomic E-state index is 0.105. The molecule has 3 nitrogen and oxygen atoms in total. The fourth-order valence-electron chi connectivity index (χ4n) is 1.60. The van der Waals surface area contributed by atoms with Crippen LogP contribution in [0.5, 0.6) is 0 Å². The van der Waals surface area contributed by atoms with Crippen molar-refractivity contribution >= 4 is 10.5 Å². The van der Waals surface area contributed by atoms with Gasteiger partial charge in [-0.2, -0.15) is 0 Å². The van der Waals surface area contributed by atoms with Gasteiger partial charge in [-0.1, -0.05) is 30.3 Å². The maximum absolute atomic E-state index is 5.60. The van der Waals surface area contributed by atoms with E-state index in [0.717, 1.165) is 23.6 Å². The zero-order chi connectivity index (χ0) is 15.4. The maximum Gasteiger partial charge on any atom is 0.147 e. The van der Waals surface area contributed by atoms with E-state index in [1.54, 1.807) is 0 Å². The van der Waals surface area contributed by atoms with Gasteiger partial charge in [0.1, 0.15) is 10.5 Å². The zero-order valence-electron chi connectivity index (χ0n) is 13.8. The molecule has 4 heteroatoms. The van der Waals surface area contributed by atoms with Gasteiger partial charge in [-0.3, -0.25) is 0 Å². The third-order valence-corrected chi connectivity index (χ3v) is 3.17. The molecule has 0 saturated carbocycles. The summed E-state index contributed by atoms with van der Waals surface area (Å²) in [5, 5.41) is 0. The highest BCUT2D eigenvalue weighted by atomic mass is 28.2. The highest BCUT2D eigenvalue weighted by molar-refractivity contribution is 5.98. The first-order chi connectivity index (χ1) is 9.54. The molecule has 1 rings (SSSR count). The van der Waals surface area contributed by atoms with Crippen LogP contribution in [0.2, 0.25) is 0 Å². The number of nitrogens with zero attached hydrogens (tertiary/aromatic N) is 2. The van der Waals surface area contributed by atoms with Crippen molar-refractivity contribution in [3.05, 3.63) is 48.2 Å². The number of hydrogen-bond donors (Lipinski definition) is 0. The second-order valence-electron chi connectivity index (χ2n) is 4.97. The molecule has 0 heterocycles. The molecule has 0 aliphatic heterocycles. The lowest BCUT2D eigenvalue weighted by Crippen LogP contribution is -2.15. The van der Waals surface area contributed by atoms with Crippen LogP contribution in [0.3, 0.4) is 0 Å². The van der Waals surface area contributed by atoms with Crippen LogP contribution < -0.4 is 0 Å². The predicted molar refractivity (Wildman–Crippen MR) is 91.9 cm³/mol. The van der Waals surface area contributed by atoms with Crippen molar-refractivity contribution in [2.24, 2.45) is 0 Å². The SMILES string of the molecule is CCN(C=CC(O[SiH3])c1ccccc1)CC.CN(C)C. The standard InChI is InChI=1S/C13H21NOSi.C3H9N/c1-3-14(4-2)11-10-13(15-16)12-8-6-5-7-9-12;1-4(2)3/h5-11,13H,3-4H2,1-2,16H3;1-3H3. The Hall–Kier alpha value is -1.10. The molecule has 20 heavy (non-hydrogen) atoms. The number of rotatable bonds is 6. The molecule has 0 fully saturated rings. The van der Waals surface area contributed by atoms with E-state index in [4.69, 9.17) is 4.43 Å². The monoisotopic (exact) mass is 294 g/mol. The minimum Gasteiger partial charge on any atom is -0.418 e. The molecule has 114 valence electrons. The second kappa shape index (κ2) is 11.7. The van der Waals surface area contributed by atoms with E-state index in [2.05, 4.69) is 43.2 Å². The molecule has 0 bridgehead atoms. The van der Waals surface area contributed by atoms with Crippen molar-refractivity contribution in [3.8, 4) is 0 Å². The van der Waals surface area contributed by atoms with E-state index in [-0.39, 0.29) is 6.10 Å². The zero-order valence-corrected chi connectivity index (χ0v) is 15.8. The highest BCUT2D eigenvalue weighted by Gasteiger charge is 2.04. The molecular formula is C16H30N2OSi. The largest absolute Gasteiger partial charge is 0.418 e. The molecule has 1 aromatic rings. The van der Waals surface area contributed by atoms with Crippen LogP contribution in [0, 0.1) is 0 Å². The van der Waals surface area contributed by atoms with Gasteiger partial charge in [0.2, 0.25) is 0 Å². The first-order valence-electron chi connectivity index (χ1n) is 7.16. The summed E-state index contributed by atoms with van der Waals surface area (Å²) in [6.07, 6.45) is 4.37. The van der Waals surface area contributed by atoms with Gasteiger partial charge in [-0.05, 0) is 52.8 Å². The first kappa shape index (κ1) is 18.9. The van der Waals surface area contributed by atoms with E-state index in [0.29, 0.717) is 0 Å². The van der Waals surface area contributed by atoms with Gasteiger partial charge in [-0.15, -0.1) is 0 Å². The molecule has 1 atom stereocenters. The molecule has 0 aliphatic carbocycles. The molecule has 0 N–H and O–H groups in total. The molecule has 0 amide bonds. The van der Waals surface area contributed by atoms with E-state index in [9.17, 15) is 0 Å². The van der Waals surface area contributed by atoms with Gasteiger partial charge in [-0.25, -0.2) is 0 Å². The van der Waals surface area contributed by atoms with E-state index in [1.807, 2.05) is 44.2 Å². The van der Waals surface area contributed by atoms with Crippen LogP contribution >= 0.6 is 0 Å². The Morgan fingerprint density at radius 1 is 1.10 bits per heavy atom. The first-order valence-corrected chi connectivity index (χ1v) is 7.97. The summed E-state index contributed by atoms with van der Waals surface area (Å²) in [4.78, 5) is 4.26. The third-order valence-electron chi connectivity index (χ3n) is 2.67. The summed E-state index contributed by atoms with van der Waals surface area (Å²) in [5.74, 6) is 0. The number of hydrogen-bond acceptors (Lipinski definition) is 3. The summed E-state index contributed by atoms with van der Waals surface area (Å²) in [6, 6.07) is 10.3. The van der Waals surface area contributed by atoms with Crippen molar-refractivity contribution < 1.29 is 4.43 Å². The lowest BCUT2D eigenvalue weighted by Gasteiger charge is -2.17. The molecule has 0 saturated heterocycles. The summed E-state index contributed by atoms with van der Waals surface area (Å²) >= 11 is 0. The van der Waals surface area contributed by atoms with Gasteiger partial charge in [0.25, 0.3) is 0 Å². The van der Waals surface area contributed by atoms with Gasteiger partial charge >= 0.3 is 0 Å². The lowest BCUT2D eigenvalue weighted by molar-refractivity contribution is 0.277. The summed E-state index contributed by atoms with van der Waals surface area (Å²) in [5.41, 5.74) is 1.22. The quantitative estimate of drug-likeness (QED) is 0.747. The topological polar surface area (TPSA) is 15.7 Å². The van der Waals surface area contributed by atoms with Crippen LogP contribution in [0.15, 0.2) is 42.6 Å². The Kier molecular flexibility index (Phi) is 11.1. The smallest absolute Gasteiger partial charge is 0.147 e. The van der Waals surface area contributed by atoms with Crippen LogP contribution in [-0.2, 0) is 4.43 Å². The lowest BCUT2D eigenvalue weighted by atomic mass is 10.1. The van der Waals surface area contributed by atoms with Gasteiger partial charge in [0, 0.05) is 13.1 Å². The average molecular weight is 295 g/mol. The average Bonchev–Trinajstić information content (AvgIpc) is 2.44. The van der Waals surface area contributed by atoms with Gasteiger partial charge in [0.05, 0.1) is 6.10 Å². The second-order valence-corrected chi connectivity index (χ2v) is 5.44. The van der Waals surface area contributed by atoms with Crippen LogP contribution in [0.1, 0.15) is 25.5 Å². The normalized spacial score (nSPS) is 12.3. The van der Waals surface area contributed by atoms with Crippen molar-refractivity contribution in [2.45, 2.75) is 20.0 Å². The number of benzene rings is 1. The van der Waals surface area contributed by atoms with Crippen molar-refractivity contribution in [2.75, 3.05) is 34.2 Å². The van der Waals surface area contributed by atoms with Crippen molar-refractivity contribution in [3.63, 3.8) is 0 Å². The summed E-state index contributed by atoms with van der Waals surface area (Å²) in [6.45, 7) is 6.39. The Morgan fingerprint density at radius 3 is 2.00 bits per heavy atom. The Morgan fingerprint density at radius 2 is 1.60 bits per heavy atom. The summed E-state index contributed by atoms with van der Waals surface area (Å²) < 4.78 is 5.60. The van der Waals surface area contributed by atoms with Crippen molar-refractivity contribution in [1.82, 2.24) is 9.80 Å². The highest BCUT2D eigenvalue weighted by Crippen LogP contribution is 2.17. The third kappa shape index (κ3) is 8.91. The Bertz CT molecular complexity index is 348. The maximum atomic E-state index is 5.60. The van der Waals surface area contributed by atoms with Gasteiger partial charge in [0.15, 0.2) is 0 Å². The molecule has 0 aliphatic rings. The molecular weight excluding hydrogens is 264 g/mol. The molecule has 0 spiro atoms. The molecule has 0 radical (unpaired) electrons. The van der Waals surface area contributed by atoms with Crippen LogP contribution in [-0.4, -0.2) is 54.5 Å². The predicted octanol–water partition coefficient (Wildman–Crippen LogP) is 2.06. The van der Waals surface area contributed by atoms with Crippen molar-refractivity contribution in [1.29, 1.82) is 0 Å². The van der Waals surface area contributed by atoms with E-state index < -0.39 is 0 Å². The summed E-state index contributed by atoms with van der Waals surface area (Å²) in [7, 11) is 6.75. The Labute approximate surface area is 127 Å². The minimum absolute atomic E-state index is 0.105. The molecule has 0 aromatic heterocycles. The Balaban J connectivity index is 0.000000796.